The van der Waals surface area contributed by atoms with Crippen LogP contribution in [0.5, 0.6) is 5.75 Å². The molecule has 1 atom stereocenters. The molecule has 0 spiro atoms. The zero-order chi connectivity index (χ0) is 15.6. The van der Waals surface area contributed by atoms with Crippen molar-refractivity contribution >= 4 is 27.9 Å². The number of nitrogens with zero attached hydrogens (tertiary/aromatic N) is 2. The van der Waals surface area contributed by atoms with E-state index in [1.807, 2.05) is 0 Å². The van der Waals surface area contributed by atoms with Gasteiger partial charge in [-0.25, -0.2) is 0 Å². The quantitative estimate of drug-likeness (QED) is 0.929. The molecule has 6 heteroatoms. The van der Waals surface area contributed by atoms with Crippen LogP contribution in [-0.4, -0.2) is 45.1 Å². The Labute approximate surface area is 130 Å². The molecule has 1 aliphatic rings. The monoisotopic (exact) mass is 311 g/mol. The molecular formula is C15H25N3O2S. The highest BCUT2D eigenvalue weighted by atomic mass is 32.1. The highest BCUT2D eigenvalue weighted by Gasteiger charge is 2.28. The summed E-state index contributed by atoms with van der Waals surface area (Å²) in [7, 11) is 5.09. The number of hydrogen-bond acceptors (Lipinski definition) is 5. The lowest BCUT2D eigenvalue weighted by Gasteiger charge is -2.33. The van der Waals surface area contributed by atoms with Gasteiger partial charge >= 0.3 is 0 Å². The molecule has 1 aromatic rings. The summed E-state index contributed by atoms with van der Waals surface area (Å²) in [6, 6.07) is 0. The molecule has 5 nitrogen and oxygen atoms in total. The molecule has 118 valence electrons. The standard InChI is InChI=1S/C15H25N3O2S/c1-5-10-7-6-8-18(9-10)15-12(20-4)11(16)13(21-15)14(19)17(2)3/h10H,5-9,16H2,1-4H3. The lowest BCUT2D eigenvalue weighted by atomic mass is 9.96. The Morgan fingerprint density at radius 1 is 1.52 bits per heavy atom. The van der Waals surface area contributed by atoms with Gasteiger partial charge in [0.2, 0.25) is 0 Å². The number of rotatable bonds is 4. The summed E-state index contributed by atoms with van der Waals surface area (Å²) in [4.78, 5) is 16.7. The second kappa shape index (κ2) is 6.56. The molecule has 2 heterocycles. The molecule has 1 aliphatic heterocycles. The number of hydrogen-bond donors (Lipinski definition) is 1. The maximum absolute atomic E-state index is 12.2. The predicted molar refractivity (Wildman–Crippen MR) is 88.5 cm³/mol. The van der Waals surface area contributed by atoms with Crippen LogP contribution in [0.2, 0.25) is 0 Å². The fourth-order valence-corrected chi connectivity index (χ4v) is 4.01. The lowest BCUT2D eigenvalue weighted by molar-refractivity contribution is 0.0833. The molecule has 1 saturated heterocycles. The highest BCUT2D eigenvalue weighted by molar-refractivity contribution is 7.19. The zero-order valence-electron chi connectivity index (χ0n) is 13.3. The van der Waals surface area contributed by atoms with Crippen molar-refractivity contribution in [2.75, 3.05) is 44.9 Å². The van der Waals surface area contributed by atoms with E-state index < -0.39 is 0 Å². The van der Waals surface area contributed by atoms with Crippen LogP contribution in [0.25, 0.3) is 0 Å². The van der Waals surface area contributed by atoms with Crippen molar-refractivity contribution in [3.63, 3.8) is 0 Å². The topological polar surface area (TPSA) is 58.8 Å². The van der Waals surface area contributed by atoms with Gasteiger partial charge in [-0.15, -0.1) is 11.3 Å². The van der Waals surface area contributed by atoms with Crippen LogP contribution in [0.3, 0.4) is 0 Å². The third-order valence-corrected chi connectivity index (χ3v) is 5.31. The van der Waals surface area contributed by atoms with E-state index in [0.29, 0.717) is 22.2 Å². The number of methoxy groups -OCH3 is 1. The lowest BCUT2D eigenvalue weighted by Crippen LogP contribution is -2.34. The Morgan fingerprint density at radius 2 is 2.24 bits per heavy atom. The fourth-order valence-electron chi connectivity index (χ4n) is 2.77. The molecule has 1 unspecified atom stereocenters. The minimum atomic E-state index is -0.0638. The van der Waals surface area contributed by atoms with Crippen LogP contribution >= 0.6 is 11.3 Å². The maximum Gasteiger partial charge on any atom is 0.265 e. The third-order valence-electron chi connectivity index (χ3n) is 4.07. The first-order valence-electron chi connectivity index (χ1n) is 7.42. The van der Waals surface area contributed by atoms with Gasteiger partial charge in [0.05, 0.1) is 7.11 Å². The van der Waals surface area contributed by atoms with Gasteiger partial charge in [-0.3, -0.25) is 4.79 Å². The summed E-state index contributed by atoms with van der Waals surface area (Å²) >= 11 is 1.45. The number of carbonyl (C=O) groups excluding carboxylic acids is 1. The van der Waals surface area contributed by atoms with Gasteiger partial charge in [0.25, 0.3) is 5.91 Å². The number of anilines is 2. The van der Waals surface area contributed by atoms with Crippen molar-refractivity contribution in [3.05, 3.63) is 4.88 Å². The fraction of sp³-hybridized carbons (Fsp3) is 0.667. The molecule has 1 amide bonds. The number of nitrogen functional groups attached to an aromatic ring is 1. The Kier molecular flexibility index (Phi) is 4.98. The van der Waals surface area contributed by atoms with Crippen molar-refractivity contribution in [1.29, 1.82) is 0 Å². The first kappa shape index (κ1) is 15.9. The van der Waals surface area contributed by atoms with Crippen LogP contribution < -0.4 is 15.4 Å². The molecule has 0 saturated carbocycles. The predicted octanol–water partition coefficient (Wildman–Crippen LogP) is 2.67. The van der Waals surface area contributed by atoms with E-state index in [2.05, 4.69) is 11.8 Å². The van der Waals surface area contributed by atoms with Crippen LogP contribution in [-0.2, 0) is 0 Å². The number of nitrogens with two attached hydrogens (primary N) is 1. The smallest absolute Gasteiger partial charge is 0.265 e. The third kappa shape index (κ3) is 3.10. The molecule has 21 heavy (non-hydrogen) atoms. The molecule has 0 aliphatic carbocycles. The summed E-state index contributed by atoms with van der Waals surface area (Å²) in [5.74, 6) is 1.30. The molecule has 2 rings (SSSR count). The Bertz CT molecular complexity index is 513. The summed E-state index contributed by atoms with van der Waals surface area (Å²) in [6.07, 6.45) is 3.64. The number of ether oxygens (including phenoxy) is 1. The van der Waals surface area contributed by atoms with E-state index in [4.69, 9.17) is 10.5 Å². The van der Waals surface area contributed by atoms with Crippen molar-refractivity contribution in [1.82, 2.24) is 4.90 Å². The molecule has 0 bridgehead atoms. The number of amides is 1. The van der Waals surface area contributed by atoms with Gasteiger partial charge < -0.3 is 20.3 Å². The first-order valence-corrected chi connectivity index (χ1v) is 8.24. The number of piperidine rings is 1. The molecule has 0 aromatic carbocycles. The van der Waals surface area contributed by atoms with E-state index >= 15 is 0 Å². The minimum absolute atomic E-state index is 0.0638. The summed E-state index contributed by atoms with van der Waals surface area (Å²) in [5, 5.41) is 0.998. The number of thiophene rings is 1. The van der Waals surface area contributed by atoms with E-state index in [1.165, 1.54) is 30.6 Å². The second-order valence-electron chi connectivity index (χ2n) is 5.75. The SMILES string of the molecule is CCC1CCCN(c2sc(C(=O)N(C)C)c(N)c2OC)C1. The molecule has 1 fully saturated rings. The van der Waals surface area contributed by atoms with Gasteiger partial charge in [-0.05, 0) is 18.8 Å². The van der Waals surface area contributed by atoms with Crippen LogP contribution in [0, 0.1) is 5.92 Å². The van der Waals surface area contributed by atoms with E-state index in [-0.39, 0.29) is 5.91 Å². The largest absolute Gasteiger partial charge is 0.492 e. The minimum Gasteiger partial charge on any atom is -0.492 e. The Hall–Kier alpha value is -1.43. The Balaban J connectivity index is 2.35. The summed E-state index contributed by atoms with van der Waals surface area (Å²) in [6.45, 7) is 4.25. The maximum atomic E-state index is 12.2. The van der Waals surface area contributed by atoms with Crippen LogP contribution in [0.4, 0.5) is 10.7 Å². The normalized spacial score (nSPS) is 18.7. The Morgan fingerprint density at radius 3 is 2.81 bits per heavy atom. The summed E-state index contributed by atoms with van der Waals surface area (Å²) < 4.78 is 5.48. The van der Waals surface area contributed by atoms with Gasteiger partial charge in [0.1, 0.15) is 15.6 Å². The van der Waals surface area contributed by atoms with Crippen LogP contribution in [0.1, 0.15) is 35.9 Å². The van der Waals surface area contributed by atoms with E-state index in [1.54, 1.807) is 26.1 Å². The van der Waals surface area contributed by atoms with E-state index in [9.17, 15) is 4.79 Å². The van der Waals surface area contributed by atoms with Crippen molar-refractivity contribution in [2.24, 2.45) is 5.92 Å². The van der Waals surface area contributed by atoms with Gasteiger partial charge in [-0.2, -0.15) is 0 Å². The van der Waals surface area contributed by atoms with Gasteiger partial charge in [0.15, 0.2) is 5.75 Å². The highest BCUT2D eigenvalue weighted by Crippen LogP contribution is 2.46. The van der Waals surface area contributed by atoms with Gasteiger partial charge in [0, 0.05) is 27.2 Å². The average molecular weight is 311 g/mol. The average Bonchev–Trinajstić information content (AvgIpc) is 2.83. The van der Waals surface area contributed by atoms with Crippen LogP contribution in [0.15, 0.2) is 0 Å². The number of carbonyl (C=O) groups is 1. The van der Waals surface area contributed by atoms with Crippen molar-refractivity contribution < 1.29 is 9.53 Å². The molecular weight excluding hydrogens is 286 g/mol. The zero-order valence-corrected chi connectivity index (χ0v) is 14.1. The van der Waals surface area contributed by atoms with E-state index in [0.717, 1.165) is 18.1 Å². The molecule has 1 aromatic heterocycles. The second-order valence-corrected chi connectivity index (χ2v) is 6.74. The van der Waals surface area contributed by atoms with Crippen molar-refractivity contribution in [3.8, 4) is 5.75 Å². The first-order chi connectivity index (χ1) is 9.99. The summed E-state index contributed by atoms with van der Waals surface area (Å²) in [5.41, 5.74) is 6.61. The van der Waals surface area contributed by atoms with Gasteiger partial charge in [-0.1, -0.05) is 13.3 Å². The molecule has 0 radical (unpaired) electrons. The molecule has 2 N–H and O–H groups in total. The van der Waals surface area contributed by atoms with Crippen molar-refractivity contribution in [2.45, 2.75) is 26.2 Å².